The first-order chi connectivity index (χ1) is 12.7. The van der Waals surface area contributed by atoms with Gasteiger partial charge in [-0.3, -0.25) is 0 Å². The van der Waals surface area contributed by atoms with Gasteiger partial charge in [0.05, 0.1) is 23.6 Å². The first-order valence-electron chi connectivity index (χ1n) is 8.09. The Morgan fingerprint density at radius 1 is 1.12 bits per heavy atom. The molecular formula is C20H16ClN3O2. The van der Waals surface area contributed by atoms with Crippen LogP contribution in [0.5, 0.6) is 5.75 Å². The Labute approximate surface area is 155 Å². The number of benzene rings is 2. The second-order valence-electron chi connectivity index (χ2n) is 5.85. The van der Waals surface area contributed by atoms with E-state index >= 15 is 0 Å². The third-order valence-electron chi connectivity index (χ3n) is 4.17. The van der Waals surface area contributed by atoms with Crippen molar-refractivity contribution in [3.05, 3.63) is 71.5 Å². The molecule has 2 aromatic carbocycles. The maximum Gasteiger partial charge on any atom is 0.163 e. The number of rotatable bonds is 4. The molecule has 0 aliphatic heterocycles. The predicted octanol–water partition coefficient (Wildman–Crippen LogP) is 4.57. The standard InChI is InChI=1S/C20H16ClN3O2/c1-26-12-16-19(13-5-3-2-4-6-13)20-22-10-9-17(24(20)23-16)15-11-14(21)7-8-18(15)25/h2-11,25H,12H2,1H3. The van der Waals surface area contributed by atoms with Crippen LogP contribution in [0.4, 0.5) is 0 Å². The van der Waals surface area contributed by atoms with Crippen LogP contribution in [0.1, 0.15) is 5.69 Å². The zero-order valence-electron chi connectivity index (χ0n) is 14.1. The molecule has 0 fully saturated rings. The van der Waals surface area contributed by atoms with E-state index in [2.05, 4.69) is 4.98 Å². The van der Waals surface area contributed by atoms with Gasteiger partial charge in [-0.25, -0.2) is 9.50 Å². The van der Waals surface area contributed by atoms with E-state index in [1.165, 1.54) is 0 Å². The molecule has 0 aliphatic carbocycles. The minimum atomic E-state index is 0.131. The van der Waals surface area contributed by atoms with Crippen LogP contribution in [0.2, 0.25) is 5.02 Å². The van der Waals surface area contributed by atoms with Crippen molar-refractivity contribution >= 4 is 17.2 Å². The summed E-state index contributed by atoms with van der Waals surface area (Å²) in [5, 5.41) is 15.5. The number of nitrogens with zero attached hydrogens (tertiary/aromatic N) is 3. The SMILES string of the molecule is COCc1nn2c(-c3cc(Cl)ccc3O)ccnc2c1-c1ccccc1. The topological polar surface area (TPSA) is 59.7 Å². The van der Waals surface area contributed by atoms with Gasteiger partial charge in [0.2, 0.25) is 0 Å². The van der Waals surface area contributed by atoms with Gasteiger partial charge in [-0.05, 0) is 29.8 Å². The van der Waals surface area contributed by atoms with Crippen molar-refractivity contribution in [1.82, 2.24) is 14.6 Å². The first-order valence-corrected chi connectivity index (χ1v) is 8.46. The smallest absolute Gasteiger partial charge is 0.163 e. The minimum Gasteiger partial charge on any atom is -0.507 e. The number of fused-ring (bicyclic) bond motifs is 1. The maximum absolute atomic E-state index is 10.3. The van der Waals surface area contributed by atoms with E-state index in [0.29, 0.717) is 28.5 Å². The number of phenolic OH excluding ortho intramolecular Hbond substituents is 1. The molecule has 0 unspecified atom stereocenters. The first kappa shape index (κ1) is 16.6. The predicted molar refractivity (Wildman–Crippen MR) is 101 cm³/mol. The molecule has 2 aromatic heterocycles. The van der Waals surface area contributed by atoms with E-state index in [4.69, 9.17) is 21.4 Å². The lowest BCUT2D eigenvalue weighted by Gasteiger charge is -2.07. The lowest BCUT2D eigenvalue weighted by molar-refractivity contribution is 0.181. The molecule has 0 bridgehead atoms. The average Bonchev–Trinajstić information content (AvgIpc) is 3.03. The van der Waals surface area contributed by atoms with Crippen molar-refractivity contribution in [2.24, 2.45) is 0 Å². The monoisotopic (exact) mass is 365 g/mol. The van der Waals surface area contributed by atoms with Crippen LogP contribution in [0.15, 0.2) is 60.8 Å². The average molecular weight is 366 g/mol. The molecule has 0 amide bonds. The highest BCUT2D eigenvalue weighted by atomic mass is 35.5. The van der Waals surface area contributed by atoms with Crippen LogP contribution in [0.3, 0.4) is 0 Å². The van der Waals surface area contributed by atoms with Gasteiger partial charge in [-0.15, -0.1) is 0 Å². The van der Waals surface area contributed by atoms with Crippen molar-refractivity contribution in [3.8, 4) is 28.1 Å². The molecule has 26 heavy (non-hydrogen) atoms. The molecule has 5 nitrogen and oxygen atoms in total. The second-order valence-corrected chi connectivity index (χ2v) is 6.28. The fourth-order valence-electron chi connectivity index (χ4n) is 3.04. The van der Waals surface area contributed by atoms with E-state index in [1.54, 1.807) is 42.1 Å². The van der Waals surface area contributed by atoms with E-state index in [0.717, 1.165) is 16.8 Å². The fraction of sp³-hybridized carbons (Fsp3) is 0.100. The van der Waals surface area contributed by atoms with Crippen molar-refractivity contribution < 1.29 is 9.84 Å². The Balaban J connectivity index is 2.02. The summed E-state index contributed by atoms with van der Waals surface area (Å²) in [6.07, 6.45) is 1.70. The summed E-state index contributed by atoms with van der Waals surface area (Å²) in [5.41, 5.74) is 4.69. The highest BCUT2D eigenvalue weighted by Gasteiger charge is 2.19. The molecule has 0 saturated carbocycles. The molecule has 0 radical (unpaired) electrons. The Bertz CT molecular complexity index is 1080. The molecule has 130 valence electrons. The number of aromatic nitrogens is 3. The molecule has 4 rings (SSSR count). The van der Waals surface area contributed by atoms with Crippen LogP contribution < -0.4 is 0 Å². The molecule has 0 saturated heterocycles. The second kappa shape index (κ2) is 6.78. The van der Waals surface area contributed by atoms with Crippen molar-refractivity contribution in [3.63, 3.8) is 0 Å². The van der Waals surface area contributed by atoms with E-state index < -0.39 is 0 Å². The van der Waals surface area contributed by atoms with E-state index in [9.17, 15) is 5.11 Å². The van der Waals surface area contributed by atoms with Crippen LogP contribution in [-0.2, 0) is 11.3 Å². The normalized spacial score (nSPS) is 11.2. The summed E-state index contributed by atoms with van der Waals surface area (Å²) in [7, 11) is 1.63. The van der Waals surface area contributed by atoms with Gasteiger partial charge < -0.3 is 9.84 Å². The molecule has 2 heterocycles. The summed E-state index contributed by atoms with van der Waals surface area (Å²) in [6, 6.07) is 16.7. The Morgan fingerprint density at radius 2 is 1.92 bits per heavy atom. The number of aromatic hydroxyl groups is 1. The fourth-order valence-corrected chi connectivity index (χ4v) is 3.22. The lowest BCUT2D eigenvalue weighted by atomic mass is 10.1. The minimum absolute atomic E-state index is 0.131. The van der Waals surface area contributed by atoms with Gasteiger partial charge in [0.25, 0.3) is 0 Å². The largest absolute Gasteiger partial charge is 0.507 e. The quantitative estimate of drug-likeness (QED) is 0.575. The molecule has 6 heteroatoms. The highest BCUT2D eigenvalue weighted by Crippen LogP contribution is 2.34. The number of phenols is 1. The van der Waals surface area contributed by atoms with Gasteiger partial charge in [-0.2, -0.15) is 5.10 Å². The van der Waals surface area contributed by atoms with Crippen molar-refractivity contribution in [2.45, 2.75) is 6.61 Å². The van der Waals surface area contributed by atoms with E-state index in [1.807, 2.05) is 30.3 Å². The Kier molecular flexibility index (Phi) is 4.32. The van der Waals surface area contributed by atoms with Gasteiger partial charge in [0.1, 0.15) is 5.75 Å². The number of methoxy groups -OCH3 is 1. The number of hydrogen-bond acceptors (Lipinski definition) is 4. The van der Waals surface area contributed by atoms with Gasteiger partial charge >= 0.3 is 0 Å². The Hall–Kier alpha value is -2.89. The van der Waals surface area contributed by atoms with Crippen molar-refractivity contribution in [1.29, 1.82) is 0 Å². The van der Waals surface area contributed by atoms with Gasteiger partial charge in [0.15, 0.2) is 5.65 Å². The summed E-state index contributed by atoms with van der Waals surface area (Å²) in [5.74, 6) is 0.131. The molecular weight excluding hydrogens is 350 g/mol. The van der Waals surface area contributed by atoms with E-state index in [-0.39, 0.29) is 5.75 Å². The molecule has 4 aromatic rings. The summed E-state index contributed by atoms with van der Waals surface area (Å²) in [6.45, 7) is 0.356. The lowest BCUT2D eigenvalue weighted by Crippen LogP contribution is -1.97. The summed E-state index contributed by atoms with van der Waals surface area (Å²) in [4.78, 5) is 4.53. The highest BCUT2D eigenvalue weighted by molar-refractivity contribution is 6.30. The molecule has 0 aliphatic rings. The zero-order chi connectivity index (χ0) is 18.1. The van der Waals surface area contributed by atoms with Crippen LogP contribution in [-0.4, -0.2) is 26.8 Å². The third kappa shape index (κ3) is 2.81. The third-order valence-corrected chi connectivity index (χ3v) is 4.40. The number of hydrogen-bond donors (Lipinski definition) is 1. The number of halogens is 1. The molecule has 0 spiro atoms. The van der Waals surface area contributed by atoms with Crippen molar-refractivity contribution in [2.75, 3.05) is 7.11 Å². The molecule has 1 N–H and O–H groups in total. The zero-order valence-corrected chi connectivity index (χ0v) is 14.8. The summed E-state index contributed by atoms with van der Waals surface area (Å²) >= 11 is 6.12. The number of ether oxygens (including phenoxy) is 1. The summed E-state index contributed by atoms with van der Waals surface area (Å²) < 4.78 is 7.06. The van der Waals surface area contributed by atoms with Gasteiger partial charge in [-0.1, -0.05) is 41.9 Å². The maximum atomic E-state index is 10.3. The van der Waals surface area contributed by atoms with Crippen LogP contribution >= 0.6 is 11.6 Å². The Morgan fingerprint density at radius 3 is 2.69 bits per heavy atom. The molecule has 0 atom stereocenters. The van der Waals surface area contributed by atoms with Crippen LogP contribution in [0, 0.1) is 0 Å². The van der Waals surface area contributed by atoms with Crippen LogP contribution in [0.25, 0.3) is 28.0 Å². The van der Waals surface area contributed by atoms with Gasteiger partial charge in [0, 0.05) is 23.9 Å².